The van der Waals surface area contributed by atoms with Crippen molar-refractivity contribution in [1.82, 2.24) is 29.9 Å². The first-order valence-corrected chi connectivity index (χ1v) is 6.97. The van der Waals surface area contributed by atoms with Gasteiger partial charge in [-0.2, -0.15) is 0 Å². The van der Waals surface area contributed by atoms with Crippen molar-refractivity contribution < 1.29 is 0 Å². The summed E-state index contributed by atoms with van der Waals surface area (Å²) in [6.45, 7) is 0. The summed E-state index contributed by atoms with van der Waals surface area (Å²) in [6.07, 6.45) is 0. The molecule has 0 aliphatic carbocycles. The van der Waals surface area contributed by atoms with E-state index in [9.17, 15) is 19.2 Å². The van der Waals surface area contributed by atoms with Gasteiger partial charge in [-0.05, 0) is 12.1 Å². The Balaban J connectivity index is 2.09. The molecule has 0 saturated carbocycles. The highest BCUT2D eigenvalue weighted by Crippen LogP contribution is 2.17. The second-order valence-electron chi connectivity index (χ2n) is 5.51. The Morgan fingerprint density at radius 3 is 2.00 bits per heavy atom. The lowest BCUT2D eigenvalue weighted by Crippen LogP contribution is -2.14. The van der Waals surface area contributed by atoms with Gasteiger partial charge >= 0.3 is 11.4 Å². The third-order valence-corrected chi connectivity index (χ3v) is 4.07. The molecule has 6 N–H and O–H groups in total. The van der Waals surface area contributed by atoms with E-state index in [1.807, 2.05) is 0 Å². The SMILES string of the molecule is O=c1[nH]c2cc3[nH]c4c(=O)c5[nH]c(=O)[nH]c5[nH]c4c(=O)c3cc2[nH]1. The van der Waals surface area contributed by atoms with E-state index in [4.69, 9.17) is 0 Å². The number of H-pyrrole nitrogens is 6. The molecule has 0 bridgehead atoms. The summed E-state index contributed by atoms with van der Waals surface area (Å²) in [5.41, 5.74) is -0.153. The molecule has 0 fully saturated rings. The summed E-state index contributed by atoms with van der Waals surface area (Å²) in [7, 11) is 0. The highest BCUT2D eigenvalue weighted by atomic mass is 16.1. The van der Waals surface area contributed by atoms with Gasteiger partial charge < -0.3 is 24.9 Å². The zero-order valence-electron chi connectivity index (χ0n) is 11.8. The standard InChI is InChI=1S/C14H8N6O4/c21-10-3-1-5-6(17-13(23)16-5)2-4(3)15-8-7(10)18-12-9(11(8)22)19-14(24)20-12/h1-2H,(H,15,21)(H2,16,17,23)(H3,18,19,20,22,24). The summed E-state index contributed by atoms with van der Waals surface area (Å²) >= 11 is 0. The fraction of sp³-hybridized carbons (Fsp3) is 0. The van der Waals surface area contributed by atoms with Crippen LogP contribution in [0.15, 0.2) is 31.3 Å². The average Bonchev–Trinajstić information content (AvgIpc) is 3.08. The van der Waals surface area contributed by atoms with Gasteiger partial charge in [0.05, 0.1) is 16.6 Å². The highest BCUT2D eigenvalue weighted by Gasteiger charge is 2.14. The normalized spacial score (nSPS) is 12.0. The number of hydrogen-bond donors (Lipinski definition) is 6. The molecular formula is C14H8N6O4. The molecule has 0 spiro atoms. The topological polar surface area (TPSA) is 163 Å². The quantitative estimate of drug-likeness (QED) is 0.216. The monoisotopic (exact) mass is 324 g/mol. The Kier molecular flexibility index (Phi) is 2.08. The van der Waals surface area contributed by atoms with Crippen molar-refractivity contribution in [2.45, 2.75) is 0 Å². The third kappa shape index (κ3) is 1.48. The summed E-state index contributed by atoms with van der Waals surface area (Å²) < 4.78 is 0. The third-order valence-electron chi connectivity index (χ3n) is 4.07. The number of benzene rings is 1. The van der Waals surface area contributed by atoms with Crippen molar-refractivity contribution in [3.05, 3.63) is 53.5 Å². The van der Waals surface area contributed by atoms with Gasteiger partial charge in [-0.25, -0.2) is 9.59 Å². The summed E-state index contributed by atoms with van der Waals surface area (Å²) in [4.78, 5) is 63.7. The molecule has 5 rings (SSSR count). The van der Waals surface area contributed by atoms with Gasteiger partial charge in [-0.15, -0.1) is 0 Å². The molecule has 4 aromatic heterocycles. The summed E-state index contributed by atoms with van der Waals surface area (Å²) in [5, 5.41) is 0.304. The number of fused-ring (bicyclic) bond motifs is 4. The van der Waals surface area contributed by atoms with Crippen LogP contribution in [0, 0.1) is 0 Å². The van der Waals surface area contributed by atoms with Crippen LogP contribution in [0.5, 0.6) is 0 Å². The van der Waals surface area contributed by atoms with E-state index in [2.05, 4.69) is 29.9 Å². The molecule has 24 heavy (non-hydrogen) atoms. The van der Waals surface area contributed by atoms with Crippen molar-refractivity contribution >= 4 is 44.1 Å². The lowest BCUT2D eigenvalue weighted by Gasteiger charge is -2.03. The lowest BCUT2D eigenvalue weighted by atomic mass is 10.1. The van der Waals surface area contributed by atoms with Crippen molar-refractivity contribution in [1.29, 1.82) is 0 Å². The number of imidazole rings is 2. The lowest BCUT2D eigenvalue weighted by molar-refractivity contribution is 1.20. The van der Waals surface area contributed by atoms with Gasteiger partial charge in [0.2, 0.25) is 10.9 Å². The smallest absolute Gasteiger partial charge is 0.325 e. The number of nitrogens with one attached hydrogen (secondary N) is 6. The van der Waals surface area contributed by atoms with E-state index >= 15 is 0 Å². The molecule has 0 saturated heterocycles. The van der Waals surface area contributed by atoms with Crippen LogP contribution < -0.4 is 22.2 Å². The van der Waals surface area contributed by atoms with E-state index in [-0.39, 0.29) is 27.9 Å². The molecule has 10 nitrogen and oxygen atoms in total. The Hall–Kier alpha value is -3.82. The van der Waals surface area contributed by atoms with E-state index in [0.717, 1.165) is 0 Å². The van der Waals surface area contributed by atoms with Crippen molar-refractivity contribution in [3.63, 3.8) is 0 Å². The average molecular weight is 324 g/mol. The van der Waals surface area contributed by atoms with Gasteiger partial charge in [-0.1, -0.05) is 0 Å². The fourth-order valence-corrected chi connectivity index (χ4v) is 3.01. The molecule has 10 heteroatoms. The minimum atomic E-state index is -0.545. The minimum Gasteiger partial charge on any atom is -0.350 e. The van der Waals surface area contributed by atoms with E-state index in [0.29, 0.717) is 21.9 Å². The van der Waals surface area contributed by atoms with Crippen molar-refractivity contribution in [3.8, 4) is 0 Å². The van der Waals surface area contributed by atoms with Crippen LogP contribution in [0.2, 0.25) is 0 Å². The molecule has 0 unspecified atom stereocenters. The molecule has 1 aromatic carbocycles. The first kappa shape index (κ1) is 12.7. The summed E-state index contributed by atoms with van der Waals surface area (Å²) in [5.74, 6) is 0. The zero-order valence-corrected chi connectivity index (χ0v) is 11.8. The molecule has 118 valence electrons. The van der Waals surface area contributed by atoms with Crippen LogP contribution in [0.1, 0.15) is 0 Å². The molecule has 0 radical (unpaired) electrons. The Labute approximate surface area is 128 Å². The van der Waals surface area contributed by atoms with Crippen LogP contribution in [-0.4, -0.2) is 29.9 Å². The maximum absolute atomic E-state index is 12.7. The molecule has 0 aliphatic heterocycles. The maximum atomic E-state index is 12.7. The second kappa shape index (κ2) is 3.93. The maximum Gasteiger partial charge on any atom is 0.325 e. The van der Waals surface area contributed by atoms with E-state index < -0.39 is 16.5 Å². The van der Waals surface area contributed by atoms with Gasteiger partial charge in [0.25, 0.3) is 0 Å². The molecular weight excluding hydrogens is 316 g/mol. The largest absolute Gasteiger partial charge is 0.350 e. The second-order valence-corrected chi connectivity index (χ2v) is 5.51. The summed E-state index contributed by atoms with van der Waals surface area (Å²) in [6, 6.07) is 3.11. The first-order valence-electron chi connectivity index (χ1n) is 6.97. The predicted octanol–water partition coefficient (Wildman–Crippen LogP) is -0.291. The number of aromatic nitrogens is 6. The van der Waals surface area contributed by atoms with Gasteiger partial charge in [0.15, 0.2) is 0 Å². The Morgan fingerprint density at radius 2 is 1.21 bits per heavy atom. The Morgan fingerprint density at radius 1 is 0.542 bits per heavy atom. The first-order chi connectivity index (χ1) is 11.5. The van der Waals surface area contributed by atoms with Gasteiger partial charge in [0, 0.05) is 5.39 Å². The van der Waals surface area contributed by atoms with Crippen LogP contribution >= 0.6 is 0 Å². The van der Waals surface area contributed by atoms with Crippen molar-refractivity contribution in [2.24, 2.45) is 0 Å². The number of pyridine rings is 2. The molecule has 0 amide bonds. The molecule has 4 heterocycles. The van der Waals surface area contributed by atoms with Crippen molar-refractivity contribution in [2.75, 3.05) is 0 Å². The van der Waals surface area contributed by atoms with E-state index in [1.54, 1.807) is 6.07 Å². The van der Waals surface area contributed by atoms with Gasteiger partial charge in [-0.3, -0.25) is 14.6 Å². The van der Waals surface area contributed by atoms with Crippen LogP contribution in [0.25, 0.3) is 44.1 Å². The Bertz CT molecular complexity index is 1540. The number of aromatic amines is 6. The van der Waals surface area contributed by atoms with Crippen LogP contribution in [0.4, 0.5) is 0 Å². The van der Waals surface area contributed by atoms with E-state index in [1.165, 1.54) is 6.07 Å². The number of hydrogen-bond acceptors (Lipinski definition) is 4. The number of rotatable bonds is 0. The molecule has 5 aromatic rings. The molecule has 0 aliphatic rings. The van der Waals surface area contributed by atoms with Crippen LogP contribution in [0.3, 0.4) is 0 Å². The van der Waals surface area contributed by atoms with Gasteiger partial charge in [0.1, 0.15) is 22.2 Å². The van der Waals surface area contributed by atoms with Crippen LogP contribution in [-0.2, 0) is 0 Å². The predicted molar refractivity (Wildman–Crippen MR) is 87.7 cm³/mol. The highest BCUT2D eigenvalue weighted by molar-refractivity contribution is 5.99. The molecule has 0 atom stereocenters. The zero-order chi connectivity index (χ0) is 16.6. The fourth-order valence-electron chi connectivity index (χ4n) is 3.01. The minimum absolute atomic E-state index is 0.0486.